The number of methoxy groups -OCH3 is 1. The van der Waals surface area contributed by atoms with Crippen LogP contribution in [0.5, 0.6) is 5.75 Å². The van der Waals surface area contributed by atoms with Crippen LogP contribution in [0.3, 0.4) is 0 Å². The van der Waals surface area contributed by atoms with Crippen molar-refractivity contribution in [1.29, 1.82) is 0 Å². The number of rotatable bonds is 5. The van der Waals surface area contributed by atoms with Gasteiger partial charge >= 0.3 is 5.97 Å². The predicted octanol–water partition coefficient (Wildman–Crippen LogP) is 1.75. The van der Waals surface area contributed by atoms with E-state index in [1.54, 1.807) is 0 Å². The number of sulfonamides is 1. The normalized spacial score (nSPS) is 13.1. The van der Waals surface area contributed by atoms with Crippen molar-refractivity contribution in [3.8, 4) is 5.75 Å². The van der Waals surface area contributed by atoms with E-state index in [0.29, 0.717) is 0 Å². The van der Waals surface area contributed by atoms with Crippen molar-refractivity contribution in [2.24, 2.45) is 0 Å². The molecule has 6 nitrogen and oxygen atoms in total. The maximum absolute atomic E-state index is 12.0. The number of ether oxygens (including phenoxy) is 1. The Morgan fingerprint density at radius 3 is 2.42 bits per heavy atom. The molecule has 0 unspecified atom stereocenters. The minimum Gasteiger partial charge on any atom is -0.495 e. The summed E-state index contributed by atoms with van der Waals surface area (Å²) in [5, 5.41) is 8.40. The second kappa shape index (κ2) is 5.96. The Kier molecular flexibility index (Phi) is 5.03. The number of benzene rings is 1. The summed E-state index contributed by atoms with van der Waals surface area (Å²) in [6.45, 7) is 1.19. The Hall–Kier alpha value is -1.02. The standard InChI is InChI=1S/C10H11Cl2NO5S/c1-5(10(14)15)13-19(16,17)7-4-3-6(18-2)8(11)9(7)12/h3-5,13H,1-2H3,(H,14,15)/t5-/m1/s1. The lowest BCUT2D eigenvalue weighted by Crippen LogP contribution is -2.38. The highest BCUT2D eigenvalue weighted by Crippen LogP contribution is 2.36. The molecule has 0 fully saturated rings. The van der Waals surface area contributed by atoms with Crippen LogP contribution in [-0.4, -0.2) is 32.6 Å². The zero-order valence-electron chi connectivity index (χ0n) is 9.98. The number of carboxylic acids is 1. The quantitative estimate of drug-likeness (QED) is 0.859. The third-order valence-corrected chi connectivity index (χ3v) is 4.78. The molecule has 0 spiro atoms. The SMILES string of the molecule is COc1ccc(S(=O)(=O)N[C@H](C)C(=O)O)c(Cl)c1Cl. The molecule has 1 atom stereocenters. The molecule has 19 heavy (non-hydrogen) atoms. The predicted molar refractivity (Wildman–Crippen MR) is 70.4 cm³/mol. The van der Waals surface area contributed by atoms with Gasteiger partial charge in [0.05, 0.1) is 12.1 Å². The van der Waals surface area contributed by atoms with Crippen molar-refractivity contribution in [2.45, 2.75) is 17.9 Å². The van der Waals surface area contributed by atoms with Gasteiger partial charge in [0.2, 0.25) is 10.0 Å². The number of aliphatic carboxylic acids is 1. The van der Waals surface area contributed by atoms with Crippen LogP contribution in [-0.2, 0) is 14.8 Å². The molecule has 0 amide bonds. The highest BCUT2D eigenvalue weighted by atomic mass is 35.5. The highest BCUT2D eigenvalue weighted by molar-refractivity contribution is 7.89. The van der Waals surface area contributed by atoms with Crippen LogP contribution in [0.25, 0.3) is 0 Å². The lowest BCUT2D eigenvalue weighted by Gasteiger charge is -2.13. The Morgan fingerprint density at radius 1 is 1.37 bits per heavy atom. The van der Waals surface area contributed by atoms with Gasteiger partial charge in [0.1, 0.15) is 21.7 Å². The average Bonchev–Trinajstić information content (AvgIpc) is 2.31. The van der Waals surface area contributed by atoms with Crippen molar-refractivity contribution in [3.63, 3.8) is 0 Å². The van der Waals surface area contributed by atoms with Crippen LogP contribution in [0, 0.1) is 0 Å². The van der Waals surface area contributed by atoms with E-state index in [9.17, 15) is 13.2 Å². The summed E-state index contributed by atoms with van der Waals surface area (Å²) in [7, 11) is -2.73. The van der Waals surface area contributed by atoms with Crippen molar-refractivity contribution < 1.29 is 23.1 Å². The molecule has 0 radical (unpaired) electrons. The minimum absolute atomic E-state index is 0.0602. The van der Waals surface area contributed by atoms with Crippen molar-refractivity contribution >= 4 is 39.2 Å². The van der Waals surface area contributed by atoms with Crippen molar-refractivity contribution in [3.05, 3.63) is 22.2 Å². The van der Waals surface area contributed by atoms with E-state index in [2.05, 4.69) is 0 Å². The van der Waals surface area contributed by atoms with Gasteiger partial charge in [-0.15, -0.1) is 0 Å². The molecule has 2 N–H and O–H groups in total. The molecular weight excluding hydrogens is 317 g/mol. The molecule has 0 aromatic heterocycles. The molecule has 0 aliphatic heterocycles. The monoisotopic (exact) mass is 327 g/mol. The number of nitrogens with one attached hydrogen (secondary N) is 1. The fourth-order valence-electron chi connectivity index (χ4n) is 1.23. The van der Waals surface area contributed by atoms with Crippen LogP contribution < -0.4 is 9.46 Å². The summed E-state index contributed by atoms with van der Waals surface area (Å²) in [5.74, 6) is -1.09. The van der Waals surface area contributed by atoms with Gasteiger partial charge in [-0.25, -0.2) is 8.42 Å². The lowest BCUT2D eigenvalue weighted by molar-refractivity contribution is -0.138. The first-order valence-electron chi connectivity index (χ1n) is 4.98. The minimum atomic E-state index is -4.09. The Bertz CT molecular complexity index is 602. The van der Waals surface area contributed by atoms with Crippen molar-refractivity contribution in [1.82, 2.24) is 4.72 Å². The van der Waals surface area contributed by atoms with Crippen LogP contribution in [0.1, 0.15) is 6.92 Å². The lowest BCUT2D eigenvalue weighted by atomic mass is 10.3. The van der Waals surface area contributed by atoms with Crippen molar-refractivity contribution in [2.75, 3.05) is 7.11 Å². The van der Waals surface area contributed by atoms with E-state index in [0.717, 1.165) is 0 Å². The highest BCUT2D eigenvalue weighted by Gasteiger charge is 2.25. The second-order valence-corrected chi connectivity index (χ2v) is 6.01. The van der Waals surface area contributed by atoms with Gasteiger partial charge in [-0.3, -0.25) is 4.79 Å². The summed E-state index contributed by atoms with van der Waals surface area (Å²) in [4.78, 5) is 10.3. The van der Waals surface area contributed by atoms with Crippen LogP contribution >= 0.6 is 23.2 Å². The van der Waals surface area contributed by atoms with E-state index < -0.39 is 22.0 Å². The number of carbonyl (C=O) groups is 1. The maximum Gasteiger partial charge on any atom is 0.321 e. The first kappa shape index (κ1) is 16.0. The smallest absolute Gasteiger partial charge is 0.321 e. The molecule has 0 aliphatic rings. The molecule has 106 valence electrons. The molecule has 9 heteroatoms. The number of hydrogen-bond donors (Lipinski definition) is 2. The summed E-state index contributed by atoms with van der Waals surface area (Å²) in [6.07, 6.45) is 0. The number of halogens is 2. The maximum atomic E-state index is 12.0. The van der Waals surface area contributed by atoms with Gasteiger partial charge in [-0.2, -0.15) is 4.72 Å². The number of carboxylic acid groups (broad SMARTS) is 1. The van der Waals surface area contributed by atoms with E-state index in [1.165, 1.54) is 26.2 Å². The molecule has 0 heterocycles. The first-order valence-corrected chi connectivity index (χ1v) is 7.21. The van der Waals surface area contributed by atoms with Gasteiger partial charge in [0.15, 0.2) is 0 Å². The van der Waals surface area contributed by atoms with Gasteiger partial charge in [-0.1, -0.05) is 23.2 Å². The molecule has 1 rings (SSSR count). The summed E-state index contributed by atoms with van der Waals surface area (Å²) in [6, 6.07) is 1.22. The summed E-state index contributed by atoms with van der Waals surface area (Å²) < 4.78 is 30.8. The third kappa shape index (κ3) is 3.50. The zero-order chi connectivity index (χ0) is 14.8. The molecule has 1 aromatic carbocycles. The van der Waals surface area contributed by atoms with Gasteiger partial charge < -0.3 is 9.84 Å². The molecule has 0 saturated carbocycles. The fourth-order valence-corrected chi connectivity index (χ4v) is 3.26. The molecule has 0 saturated heterocycles. The van der Waals surface area contributed by atoms with E-state index in [-0.39, 0.29) is 20.7 Å². The molecule has 0 aliphatic carbocycles. The second-order valence-electron chi connectivity index (χ2n) is 3.58. The van der Waals surface area contributed by atoms with E-state index in [1.807, 2.05) is 4.72 Å². The largest absolute Gasteiger partial charge is 0.495 e. The van der Waals surface area contributed by atoms with Crippen LogP contribution in [0.2, 0.25) is 10.0 Å². The van der Waals surface area contributed by atoms with E-state index in [4.69, 9.17) is 33.0 Å². The summed E-state index contributed by atoms with van der Waals surface area (Å²) >= 11 is 11.7. The van der Waals surface area contributed by atoms with Gasteiger partial charge in [0.25, 0.3) is 0 Å². The average molecular weight is 328 g/mol. The van der Waals surface area contributed by atoms with Crippen LogP contribution in [0.15, 0.2) is 17.0 Å². The summed E-state index contributed by atoms with van der Waals surface area (Å²) in [5.41, 5.74) is 0. The van der Waals surface area contributed by atoms with Gasteiger partial charge in [0, 0.05) is 0 Å². The Labute approximate surface area is 120 Å². The zero-order valence-corrected chi connectivity index (χ0v) is 12.3. The van der Waals surface area contributed by atoms with Gasteiger partial charge in [-0.05, 0) is 19.1 Å². The topological polar surface area (TPSA) is 92.7 Å². The van der Waals surface area contributed by atoms with E-state index >= 15 is 0 Å². The molecule has 0 bridgehead atoms. The Balaban J connectivity index is 3.23. The van der Waals surface area contributed by atoms with Crippen LogP contribution in [0.4, 0.5) is 0 Å². The molecule has 1 aromatic rings. The third-order valence-electron chi connectivity index (χ3n) is 2.22. The first-order chi connectivity index (χ1) is 8.70. The fraction of sp³-hybridized carbons (Fsp3) is 0.300. The molecular formula is C10H11Cl2NO5S. The number of hydrogen-bond acceptors (Lipinski definition) is 4. The Morgan fingerprint density at radius 2 is 1.95 bits per heavy atom.